The Morgan fingerprint density at radius 1 is 1.05 bits per heavy atom. The van der Waals surface area contributed by atoms with Gasteiger partial charge in [0.1, 0.15) is 5.75 Å². The van der Waals surface area contributed by atoms with Crippen LogP contribution in [0.3, 0.4) is 0 Å². The van der Waals surface area contributed by atoms with Crippen molar-refractivity contribution in [3.63, 3.8) is 0 Å². The van der Waals surface area contributed by atoms with E-state index in [0.717, 1.165) is 11.3 Å². The maximum atomic E-state index is 12.4. The number of anilines is 1. The largest absolute Gasteiger partial charge is 0.496 e. The Morgan fingerprint density at radius 2 is 1.71 bits per heavy atom. The lowest BCUT2D eigenvalue weighted by molar-refractivity contribution is 0.102. The van der Waals surface area contributed by atoms with Crippen molar-refractivity contribution in [2.75, 3.05) is 12.4 Å². The molecule has 0 saturated carbocycles. The molecule has 2 rings (SSSR count). The summed E-state index contributed by atoms with van der Waals surface area (Å²) in [6, 6.07) is 15.1. The molecule has 0 aromatic heterocycles. The lowest BCUT2D eigenvalue weighted by Gasteiger charge is -2.20. The molecule has 1 amide bonds. The number of para-hydroxylation sites is 1. The van der Waals surface area contributed by atoms with Crippen LogP contribution in [-0.4, -0.2) is 13.0 Å². The monoisotopic (exact) mass is 283 g/mol. The van der Waals surface area contributed by atoms with Crippen LogP contribution in [0, 0.1) is 0 Å². The van der Waals surface area contributed by atoms with Crippen molar-refractivity contribution in [1.82, 2.24) is 0 Å². The van der Waals surface area contributed by atoms with E-state index in [4.69, 9.17) is 4.74 Å². The average molecular weight is 283 g/mol. The van der Waals surface area contributed by atoms with Gasteiger partial charge in [-0.25, -0.2) is 0 Å². The number of carbonyl (C=O) groups excluding carboxylic acids is 1. The number of carbonyl (C=O) groups is 1. The second kappa shape index (κ2) is 6.00. The molecule has 0 aliphatic rings. The van der Waals surface area contributed by atoms with Gasteiger partial charge in [0.25, 0.3) is 5.91 Å². The molecule has 3 heteroatoms. The summed E-state index contributed by atoms with van der Waals surface area (Å²) in [5.41, 5.74) is 2.45. The fourth-order valence-electron chi connectivity index (χ4n) is 2.07. The lowest BCUT2D eigenvalue weighted by atomic mass is 9.86. The first-order valence-electron chi connectivity index (χ1n) is 6.97. The first-order valence-corrected chi connectivity index (χ1v) is 6.97. The van der Waals surface area contributed by atoms with Crippen molar-refractivity contribution < 1.29 is 9.53 Å². The molecule has 0 unspecified atom stereocenters. The zero-order chi connectivity index (χ0) is 15.5. The van der Waals surface area contributed by atoms with Crippen molar-refractivity contribution in [3.8, 4) is 5.75 Å². The maximum absolute atomic E-state index is 12.4. The van der Waals surface area contributed by atoms with E-state index in [-0.39, 0.29) is 11.3 Å². The van der Waals surface area contributed by atoms with Crippen molar-refractivity contribution >= 4 is 11.6 Å². The Labute approximate surface area is 126 Å². The van der Waals surface area contributed by atoms with Crippen LogP contribution in [0.15, 0.2) is 48.5 Å². The summed E-state index contributed by atoms with van der Waals surface area (Å²) < 4.78 is 5.38. The summed E-state index contributed by atoms with van der Waals surface area (Å²) >= 11 is 0. The minimum absolute atomic E-state index is 0.0156. The van der Waals surface area contributed by atoms with Crippen LogP contribution in [0.25, 0.3) is 0 Å². The topological polar surface area (TPSA) is 38.3 Å². The van der Waals surface area contributed by atoms with Crippen LogP contribution < -0.4 is 10.1 Å². The van der Waals surface area contributed by atoms with Crippen molar-refractivity contribution in [2.24, 2.45) is 0 Å². The molecule has 0 atom stereocenters. The van der Waals surface area contributed by atoms with Crippen LogP contribution in [0.5, 0.6) is 5.75 Å². The van der Waals surface area contributed by atoms with E-state index in [1.807, 2.05) is 48.5 Å². The number of nitrogens with one attached hydrogen (secondary N) is 1. The SMILES string of the molecule is COc1cc(C(C)(C)C)ccc1C(=O)Nc1ccccc1. The number of methoxy groups -OCH3 is 1. The highest BCUT2D eigenvalue weighted by Crippen LogP contribution is 2.29. The Kier molecular flexibility index (Phi) is 4.32. The van der Waals surface area contributed by atoms with E-state index in [9.17, 15) is 4.79 Å². The molecule has 0 heterocycles. The maximum Gasteiger partial charge on any atom is 0.259 e. The highest BCUT2D eigenvalue weighted by Gasteiger charge is 2.18. The van der Waals surface area contributed by atoms with Crippen molar-refractivity contribution in [3.05, 3.63) is 59.7 Å². The molecule has 0 aliphatic carbocycles. The van der Waals surface area contributed by atoms with Crippen LogP contribution in [-0.2, 0) is 5.41 Å². The molecule has 21 heavy (non-hydrogen) atoms. The summed E-state index contributed by atoms with van der Waals surface area (Å²) in [6.07, 6.45) is 0. The molecule has 3 nitrogen and oxygen atoms in total. The highest BCUT2D eigenvalue weighted by atomic mass is 16.5. The lowest BCUT2D eigenvalue weighted by Crippen LogP contribution is -2.15. The predicted octanol–water partition coefficient (Wildman–Crippen LogP) is 4.25. The van der Waals surface area contributed by atoms with Crippen LogP contribution in [0.2, 0.25) is 0 Å². The molecule has 110 valence electrons. The van der Waals surface area contributed by atoms with Crippen LogP contribution in [0.4, 0.5) is 5.69 Å². The molecule has 0 fully saturated rings. The third kappa shape index (κ3) is 3.63. The minimum Gasteiger partial charge on any atom is -0.496 e. The van der Waals surface area contributed by atoms with E-state index < -0.39 is 0 Å². The first-order chi connectivity index (χ1) is 9.91. The third-order valence-corrected chi connectivity index (χ3v) is 3.34. The van der Waals surface area contributed by atoms with Gasteiger partial charge in [-0.1, -0.05) is 45.0 Å². The fourth-order valence-corrected chi connectivity index (χ4v) is 2.07. The summed E-state index contributed by atoms with van der Waals surface area (Å²) in [6.45, 7) is 6.39. The Hall–Kier alpha value is -2.29. The van der Waals surface area contributed by atoms with Gasteiger partial charge < -0.3 is 10.1 Å². The number of rotatable bonds is 3. The molecule has 2 aromatic rings. The predicted molar refractivity (Wildman–Crippen MR) is 86.1 cm³/mol. The van der Waals surface area contributed by atoms with E-state index in [2.05, 4.69) is 26.1 Å². The Bertz CT molecular complexity index is 627. The zero-order valence-electron chi connectivity index (χ0n) is 12.9. The van der Waals surface area contributed by atoms with Crippen LogP contribution >= 0.6 is 0 Å². The van der Waals surface area contributed by atoms with Crippen LogP contribution in [0.1, 0.15) is 36.7 Å². The van der Waals surface area contributed by atoms with Gasteiger partial charge in [0.05, 0.1) is 12.7 Å². The Morgan fingerprint density at radius 3 is 2.29 bits per heavy atom. The summed E-state index contributed by atoms with van der Waals surface area (Å²) in [5.74, 6) is 0.425. The smallest absolute Gasteiger partial charge is 0.259 e. The molecule has 0 saturated heterocycles. The average Bonchev–Trinajstić information content (AvgIpc) is 2.46. The van der Waals surface area contributed by atoms with Crippen molar-refractivity contribution in [1.29, 1.82) is 0 Å². The van der Waals surface area contributed by atoms with Gasteiger partial charge in [0, 0.05) is 5.69 Å². The standard InChI is InChI=1S/C18H21NO2/c1-18(2,3)13-10-11-15(16(12-13)21-4)17(20)19-14-8-6-5-7-9-14/h5-12H,1-4H3,(H,19,20). The molecule has 0 spiro atoms. The molecule has 0 radical (unpaired) electrons. The molecular weight excluding hydrogens is 262 g/mol. The van der Waals surface area contributed by atoms with Gasteiger partial charge in [-0.15, -0.1) is 0 Å². The normalized spacial score (nSPS) is 11.0. The Balaban J connectivity index is 2.29. The third-order valence-electron chi connectivity index (χ3n) is 3.34. The number of hydrogen-bond acceptors (Lipinski definition) is 2. The van der Waals surface area contributed by atoms with Gasteiger partial charge in [-0.05, 0) is 35.2 Å². The molecule has 1 N–H and O–H groups in total. The summed E-state index contributed by atoms with van der Waals surface area (Å²) in [5, 5.41) is 2.87. The molecule has 0 aliphatic heterocycles. The first kappa shape index (κ1) is 15.1. The van der Waals surface area contributed by atoms with Gasteiger partial charge in [0.15, 0.2) is 0 Å². The van der Waals surface area contributed by atoms with E-state index in [0.29, 0.717) is 11.3 Å². The molecule has 2 aromatic carbocycles. The second-order valence-corrected chi connectivity index (χ2v) is 5.99. The summed E-state index contributed by atoms with van der Waals surface area (Å²) in [4.78, 5) is 12.4. The van der Waals surface area contributed by atoms with E-state index in [1.54, 1.807) is 7.11 Å². The van der Waals surface area contributed by atoms with E-state index in [1.165, 1.54) is 0 Å². The van der Waals surface area contributed by atoms with Gasteiger partial charge in [-0.2, -0.15) is 0 Å². The fraction of sp³-hybridized carbons (Fsp3) is 0.278. The number of amides is 1. The van der Waals surface area contributed by atoms with Crippen molar-refractivity contribution in [2.45, 2.75) is 26.2 Å². The minimum atomic E-state index is -0.168. The van der Waals surface area contributed by atoms with Gasteiger partial charge in [0.2, 0.25) is 0 Å². The van der Waals surface area contributed by atoms with Gasteiger partial charge >= 0.3 is 0 Å². The quantitative estimate of drug-likeness (QED) is 0.914. The number of benzene rings is 2. The van der Waals surface area contributed by atoms with E-state index >= 15 is 0 Å². The molecular formula is C18H21NO2. The molecule has 0 bridgehead atoms. The number of ether oxygens (including phenoxy) is 1. The summed E-state index contributed by atoms with van der Waals surface area (Å²) in [7, 11) is 1.58. The zero-order valence-corrected chi connectivity index (χ0v) is 12.9. The highest BCUT2D eigenvalue weighted by molar-refractivity contribution is 6.06. The second-order valence-electron chi connectivity index (χ2n) is 5.99. The van der Waals surface area contributed by atoms with Gasteiger partial charge in [-0.3, -0.25) is 4.79 Å². The number of hydrogen-bond donors (Lipinski definition) is 1.